The summed E-state index contributed by atoms with van der Waals surface area (Å²) in [6, 6.07) is 39.0. The van der Waals surface area contributed by atoms with E-state index in [1.54, 1.807) is 6.20 Å². The second-order valence-electron chi connectivity index (χ2n) is 23.7. The zero-order chi connectivity index (χ0) is 56.6. The molecular weight excluding hydrogens is 877 g/mol. The molecule has 2 aromatic heterocycles. The van der Waals surface area contributed by atoms with Crippen molar-refractivity contribution in [2.24, 2.45) is 0 Å². The minimum atomic E-state index is -0.383. The third-order valence-electron chi connectivity index (χ3n) is 15.2. The number of fused-ring (bicyclic) bond motifs is 5. The standard InChI is InChI=1S/C67H70N4O/c1-43(2)44-31-34-68-62(37-44)71-58-24-14-13-23-52(58)53-29-28-51(41-61(53)71)72-50-22-18-21-49(40-50)69-42-70(60-26-16-15-25-59(60)69)63-54(45-19-17-20-47(35-45)64(3,4)5)38-48(65(6,7)8)39-55(63)46-27-30-56-57(36-46)67(11,12)33-32-66(56,9)10/h13-31,34-41,43H,32-33,42H2,1-12H3/i13D,14D,23D,24D,27D,30D,36D. The number of benzene rings is 7. The van der Waals surface area contributed by atoms with Gasteiger partial charge in [-0.05, 0) is 146 Å². The largest absolute Gasteiger partial charge is 0.457 e. The van der Waals surface area contributed by atoms with E-state index in [-0.39, 0.29) is 63.8 Å². The second-order valence-corrected chi connectivity index (χ2v) is 23.7. The summed E-state index contributed by atoms with van der Waals surface area (Å²) in [5, 5.41) is 1.08. The fourth-order valence-corrected chi connectivity index (χ4v) is 10.7. The van der Waals surface area contributed by atoms with Crippen molar-refractivity contribution in [1.82, 2.24) is 9.55 Å². The highest BCUT2D eigenvalue weighted by molar-refractivity contribution is 6.09. The second kappa shape index (κ2) is 17.3. The first-order valence-electron chi connectivity index (χ1n) is 29.1. The molecule has 364 valence electrons. The van der Waals surface area contributed by atoms with Crippen LogP contribution in [0.4, 0.5) is 22.7 Å². The number of hydrogen-bond acceptors (Lipinski definition) is 4. The van der Waals surface area contributed by atoms with Crippen molar-refractivity contribution in [3.05, 3.63) is 192 Å². The lowest BCUT2D eigenvalue weighted by Crippen LogP contribution is -2.33. The van der Waals surface area contributed by atoms with E-state index in [4.69, 9.17) is 15.2 Å². The SMILES string of the molecule is [2H]c1c([2H])c2c(c([2H])c1-c1cc(C(C)(C)C)cc(-c3cccc(C(C)(C)C)c3)c1N1CN(c3cccc(Oc4ccc5c6c([2H])c([2H])c([2H])c([2H])c6n(-c6cc(C(C)C)ccn6)c5c4)c3)c3ccccc31)C(C)(C)CCC2(C)C. The van der Waals surface area contributed by atoms with E-state index in [1.165, 1.54) is 5.56 Å². The Morgan fingerprint density at radius 1 is 0.597 bits per heavy atom. The molecule has 2 aliphatic rings. The van der Waals surface area contributed by atoms with Crippen molar-refractivity contribution in [2.75, 3.05) is 16.5 Å². The molecular formula is C67H70N4O. The number of rotatable bonds is 8. The Balaban J connectivity index is 1.08. The molecule has 5 heteroatoms. The predicted octanol–water partition coefficient (Wildman–Crippen LogP) is 18.6. The number of ether oxygens (including phenoxy) is 1. The van der Waals surface area contributed by atoms with Crippen molar-refractivity contribution < 1.29 is 14.3 Å². The van der Waals surface area contributed by atoms with Crippen molar-refractivity contribution in [3.63, 3.8) is 0 Å². The predicted molar refractivity (Wildman–Crippen MR) is 305 cm³/mol. The van der Waals surface area contributed by atoms with E-state index in [0.29, 0.717) is 57.4 Å². The first-order chi connectivity index (χ1) is 37.2. The molecule has 3 heterocycles. The van der Waals surface area contributed by atoms with E-state index < -0.39 is 0 Å². The molecule has 11 rings (SSSR count). The number of nitrogens with zero attached hydrogens (tertiary/aromatic N) is 4. The molecule has 9 aromatic rings. The van der Waals surface area contributed by atoms with Gasteiger partial charge in [0.2, 0.25) is 0 Å². The minimum absolute atomic E-state index is 0.0758. The van der Waals surface area contributed by atoms with Crippen LogP contribution in [0.3, 0.4) is 0 Å². The lowest BCUT2D eigenvalue weighted by atomic mass is 9.63. The van der Waals surface area contributed by atoms with Gasteiger partial charge in [-0.25, -0.2) is 4.98 Å². The van der Waals surface area contributed by atoms with Crippen LogP contribution in [-0.2, 0) is 21.7 Å². The van der Waals surface area contributed by atoms with Gasteiger partial charge in [0, 0.05) is 45.9 Å². The Kier molecular flexibility index (Phi) is 9.49. The summed E-state index contributed by atoms with van der Waals surface area (Å²) in [5.74, 6) is 1.84. The van der Waals surface area contributed by atoms with Gasteiger partial charge in [-0.15, -0.1) is 0 Å². The van der Waals surface area contributed by atoms with E-state index in [2.05, 4.69) is 160 Å². The zero-order valence-corrected chi connectivity index (χ0v) is 43.9. The average molecular weight is 954 g/mol. The highest BCUT2D eigenvalue weighted by Crippen LogP contribution is 2.54. The van der Waals surface area contributed by atoms with Crippen LogP contribution in [-0.4, -0.2) is 16.2 Å². The number of para-hydroxylation sites is 3. The maximum atomic E-state index is 10.4. The highest BCUT2D eigenvalue weighted by Gasteiger charge is 2.38. The van der Waals surface area contributed by atoms with Gasteiger partial charge in [0.15, 0.2) is 0 Å². The van der Waals surface area contributed by atoms with Crippen LogP contribution >= 0.6 is 0 Å². The lowest BCUT2D eigenvalue weighted by molar-refractivity contribution is 0.332. The third kappa shape index (κ3) is 8.35. The molecule has 0 N–H and O–H groups in total. The quantitative estimate of drug-likeness (QED) is 0.152. The smallest absolute Gasteiger partial charge is 0.137 e. The van der Waals surface area contributed by atoms with Crippen LogP contribution in [0, 0.1) is 0 Å². The first kappa shape index (κ1) is 39.5. The van der Waals surface area contributed by atoms with E-state index in [0.717, 1.165) is 74.5 Å². The fourth-order valence-electron chi connectivity index (χ4n) is 10.7. The number of hydrogen-bond donors (Lipinski definition) is 0. The van der Waals surface area contributed by atoms with Crippen LogP contribution in [0.1, 0.15) is 139 Å². The van der Waals surface area contributed by atoms with Crippen molar-refractivity contribution in [1.29, 1.82) is 0 Å². The molecule has 7 aromatic carbocycles. The van der Waals surface area contributed by atoms with Gasteiger partial charge in [0.1, 0.15) is 24.0 Å². The zero-order valence-electron chi connectivity index (χ0n) is 50.9. The summed E-state index contributed by atoms with van der Waals surface area (Å²) in [6.45, 7) is 26.6. The topological polar surface area (TPSA) is 33.5 Å². The molecule has 1 aliphatic heterocycles. The highest BCUT2D eigenvalue weighted by atomic mass is 16.5. The molecule has 0 atom stereocenters. The Morgan fingerprint density at radius 3 is 2.01 bits per heavy atom. The normalized spacial score (nSPS) is 16.7. The summed E-state index contributed by atoms with van der Waals surface area (Å²) < 4.78 is 74.3. The van der Waals surface area contributed by atoms with Gasteiger partial charge in [-0.3, -0.25) is 4.57 Å². The number of pyridine rings is 1. The Bertz CT molecular complexity index is 3970. The molecule has 0 fully saturated rings. The average Bonchev–Trinajstić information content (AvgIpc) is 3.62. The maximum Gasteiger partial charge on any atom is 0.137 e. The minimum Gasteiger partial charge on any atom is -0.457 e. The number of anilines is 4. The Hall–Kier alpha value is -7.11. The summed E-state index contributed by atoms with van der Waals surface area (Å²) in [4.78, 5) is 9.36. The molecule has 1 aliphatic carbocycles. The molecule has 0 spiro atoms. The van der Waals surface area contributed by atoms with Crippen molar-refractivity contribution >= 4 is 44.6 Å². The van der Waals surface area contributed by atoms with Crippen molar-refractivity contribution in [2.45, 2.75) is 124 Å². The molecule has 72 heavy (non-hydrogen) atoms. The van der Waals surface area contributed by atoms with Gasteiger partial charge in [-0.2, -0.15) is 0 Å². The molecule has 0 unspecified atom stereocenters. The van der Waals surface area contributed by atoms with Crippen LogP contribution < -0.4 is 14.5 Å². The van der Waals surface area contributed by atoms with Gasteiger partial charge in [0.25, 0.3) is 0 Å². The van der Waals surface area contributed by atoms with Crippen LogP contribution in [0.15, 0.2) is 164 Å². The lowest BCUT2D eigenvalue weighted by Gasteiger charge is -2.42. The van der Waals surface area contributed by atoms with Gasteiger partial charge >= 0.3 is 0 Å². The molecule has 0 bridgehead atoms. The van der Waals surface area contributed by atoms with Crippen LogP contribution in [0.5, 0.6) is 11.5 Å². The molecule has 0 saturated carbocycles. The summed E-state index contributed by atoms with van der Waals surface area (Å²) >= 11 is 0. The Labute approximate surface area is 438 Å². The fraction of sp³-hybridized carbons (Fsp3) is 0.299. The van der Waals surface area contributed by atoms with E-state index >= 15 is 0 Å². The van der Waals surface area contributed by atoms with Gasteiger partial charge in [-0.1, -0.05) is 162 Å². The van der Waals surface area contributed by atoms with Gasteiger partial charge in [0.05, 0.1) is 37.7 Å². The Morgan fingerprint density at radius 2 is 1.28 bits per heavy atom. The van der Waals surface area contributed by atoms with E-state index in [9.17, 15) is 4.11 Å². The third-order valence-corrected chi connectivity index (χ3v) is 15.2. The monoisotopic (exact) mass is 954 g/mol. The van der Waals surface area contributed by atoms with E-state index in [1.807, 2.05) is 53.1 Å². The summed E-state index contributed by atoms with van der Waals surface area (Å²) in [7, 11) is 0. The summed E-state index contributed by atoms with van der Waals surface area (Å²) in [5.41, 5.74) is 11.7. The van der Waals surface area contributed by atoms with Crippen LogP contribution in [0.25, 0.3) is 49.9 Å². The molecule has 0 radical (unpaired) electrons. The maximum absolute atomic E-state index is 10.4. The van der Waals surface area contributed by atoms with Gasteiger partial charge < -0.3 is 14.5 Å². The molecule has 0 amide bonds. The first-order valence-corrected chi connectivity index (χ1v) is 25.6. The van der Waals surface area contributed by atoms with Crippen LogP contribution in [0.2, 0.25) is 0 Å². The van der Waals surface area contributed by atoms with Crippen molar-refractivity contribution in [3.8, 4) is 39.6 Å². The summed E-state index contributed by atoms with van der Waals surface area (Å²) in [6.07, 6.45) is 3.49. The molecule has 0 saturated heterocycles. The number of aromatic nitrogens is 2. The molecule has 5 nitrogen and oxygen atoms in total.